The van der Waals surface area contributed by atoms with Gasteiger partial charge < -0.3 is 20.4 Å². The fourth-order valence-electron chi connectivity index (χ4n) is 4.67. The molecule has 1 aliphatic rings. The summed E-state index contributed by atoms with van der Waals surface area (Å²) in [7, 11) is 1.77. The number of benzene rings is 2. The topological polar surface area (TPSA) is 125 Å². The van der Waals surface area contributed by atoms with Gasteiger partial charge >= 0.3 is 0 Å². The number of anilines is 1. The van der Waals surface area contributed by atoms with Crippen molar-refractivity contribution in [1.29, 1.82) is 0 Å². The molecule has 3 amide bonds. The highest BCUT2D eigenvalue weighted by atomic mass is 16.3. The lowest BCUT2D eigenvalue weighted by Gasteiger charge is -2.32. The normalized spacial score (nSPS) is 12.4. The molecule has 3 aromatic rings. The van der Waals surface area contributed by atoms with Gasteiger partial charge in [0.2, 0.25) is 11.8 Å². The van der Waals surface area contributed by atoms with Crippen molar-refractivity contribution in [3.05, 3.63) is 71.1 Å². The van der Waals surface area contributed by atoms with Gasteiger partial charge in [0.1, 0.15) is 6.26 Å². The molecule has 0 atom stereocenters. The molecule has 10 heteroatoms. The van der Waals surface area contributed by atoms with E-state index in [0.717, 1.165) is 30.5 Å². The first-order valence-corrected chi connectivity index (χ1v) is 13.2. The molecule has 4 rings (SSSR count). The third-order valence-corrected chi connectivity index (χ3v) is 6.91. The van der Waals surface area contributed by atoms with Crippen molar-refractivity contribution in [1.82, 2.24) is 20.3 Å². The van der Waals surface area contributed by atoms with E-state index >= 15 is 0 Å². The summed E-state index contributed by atoms with van der Waals surface area (Å²) < 4.78 is 5.42. The quantitative estimate of drug-likeness (QED) is 0.329. The number of aromatic nitrogens is 1. The third-order valence-electron chi connectivity index (χ3n) is 6.91. The van der Waals surface area contributed by atoms with Crippen LogP contribution < -0.4 is 16.0 Å². The number of hydrogen-bond acceptors (Lipinski definition) is 7. The van der Waals surface area contributed by atoms with Gasteiger partial charge in [0.25, 0.3) is 11.8 Å². The van der Waals surface area contributed by atoms with Crippen LogP contribution in [0.3, 0.4) is 0 Å². The van der Waals surface area contributed by atoms with E-state index in [9.17, 15) is 14.4 Å². The van der Waals surface area contributed by atoms with Crippen molar-refractivity contribution in [2.24, 2.45) is 5.73 Å². The molecule has 214 valence electrons. The lowest BCUT2D eigenvalue weighted by Crippen LogP contribution is -2.48. The second-order valence-electron chi connectivity index (χ2n) is 9.83. The summed E-state index contributed by atoms with van der Waals surface area (Å²) in [5.74, 6) is -0.664. The zero-order chi connectivity index (χ0) is 27.9. The summed E-state index contributed by atoms with van der Waals surface area (Å²) in [6.07, 6.45) is 4.25. The van der Waals surface area contributed by atoms with E-state index in [4.69, 9.17) is 10.2 Å². The molecule has 3 N–H and O–H groups in total. The zero-order valence-electron chi connectivity index (χ0n) is 22.8. The van der Waals surface area contributed by atoms with Crippen LogP contribution >= 0.6 is 0 Å². The van der Waals surface area contributed by atoms with Crippen LogP contribution in [0.1, 0.15) is 60.8 Å². The smallest absolute Gasteiger partial charge is 0.270 e. The van der Waals surface area contributed by atoms with Gasteiger partial charge in [0, 0.05) is 37.9 Å². The molecule has 0 saturated carbocycles. The fourth-order valence-corrected chi connectivity index (χ4v) is 4.67. The van der Waals surface area contributed by atoms with E-state index in [1.54, 1.807) is 23.0 Å². The minimum atomic E-state index is -0.668. The summed E-state index contributed by atoms with van der Waals surface area (Å²) in [4.78, 5) is 43.6. The van der Waals surface area contributed by atoms with Gasteiger partial charge in [-0.1, -0.05) is 51.5 Å². The first-order chi connectivity index (χ1) is 18.8. The van der Waals surface area contributed by atoms with Gasteiger partial charge in [0.05, 0.1) is 13.1 Å². The number of unbranched alkanes of at least 4 members (excludes halogenated alkanes) is 2. The Labute approximate surface area is 236 Å². The highest BCUT2D eigenvalue weighted by molar-refractivity contribution is 5.91. The maximum absolute atomic E-state index is 13.5. The van der Waals surface area contributed by atoms with Crippen LogP contribution in [0.25, 0.3) is 11.5 Å². The molecule has 40 heavy (non-hydrogen) atoms. The van der Waals surface area contributed by atoms with Crippen molar-refractivity contribution < 1.29 is 18.8 Å². The van der Waals surface area contributed by atoms with Gasteiger partial charge in [-0.25, -0.2) is 9.99 Å². The van der Waals surface area contributed by atoms with Crippen molar-refractivity contribution in [3.63, 3.8) is 0 Å². The predicted octanol–water partition coefficient (Wildman–Crippen LogP) is 3.89. The summed E-state index contributed by atoms with van der Waals surface area (Å²) in [5.41, 5.74) is 9.98. The molecule has 1 aromatic heterocycles. The predicted molar refractivity (Wildman–Crippen MR) is 155 cm³/mol. The van der Waals surface area contributed by atoms with Crippen molar-refractivity contribution in [3.8, 4) is 11.5 Å². The fraction of sp³-hybridized carbons (Fsp3) is 0.400. The van der Waals surface area contributed by atoms with Crippen LogP contribution in [0.15, 0.2) is 53.1 Å². The standard InChI is InChI=1S/C29H36N6O4.CH4/c1-4-5-8-13-31-26(36)17-34(18-27(37)33(3)35-15-22-9-6-7-10-23(22)16-35)25-12-11-21(14-20(25)2)29-32-24(19-39-29)28(30)38;/h6-7,9-12,14,19H,4-5,8,13,15-18H2,1-3H3,(H2,30,38)(H,31,36);1H4. The number of primary amides is 1. The maximum Gasteiger partial charge on any atom is 0.270 e. The number of carbonyl (C=O) groups is 3. The average molecular weight is 549 g/mol. The molecule has 0 saturated heterocycles. The Bertz CT molecular complexity index is 1310. The SMILES string of the molecule is C.CCCCCNC(=O)CN(CC(=O)N(C)N1Cc2ccccc2C1)c1ccc(-c2nc(C(N)=O)co2)cc1C. The summed E-state index contributed by atoms with van der Waals surface area (Å²) in [6, 6.07) is 13.6. The molecule has 0 bridgehead atoms. The Hall–Kier alpha value is -4.18. The Morgan fingerprint density at radius 1 is 1.07 bits per heavy atom. The van der Waals surface area contributed by atoms with Crippen LogP contribution in [-0.2, 0) is 22.7 Å². The number of hydrogen-bond donors (Lipinski definition) is 2. The van der Waals surface area contributed by atoms with E-state index in [0.29, 0.717) is 25.2 Å². The monoisotopic (exact) mass is 548 g/mol. The Morgan fingerprint density at radius 3 is 2.38 bits per heavy atom. The van der Waals surface area contributed by atoms with E-state index in [2.05, 4.69) is 29.4 Å². The number of rotatable bonds is 12. The van der Waals surface area contributed by atoms with Gasteiger partial charge in [-0.05, 0) is 48.2 Å². The zero-order valence-corrected chi connectivity index (χ0v) is 22.8. The molecule has 2 heterocycles. The Balaban J connectivity index is 0.00000441. The number of likely N-dealkylation sites (N-methyl/N-ethyl adjacent to an activating group) is 1. The number of hydrazine groups is 1. The minimum absolute atomic E-state index is 0. The van der Waals surface area contributed by atoms with E-state index in [-0.39, 0.29) is 43.9 Å². The molecular weight excluding hydrogens is 508 g/mol. The lowest BCUT2D eigenvalue weighted by molar-refractivity contribution is -0.145. The number of carbonyl (C=O) groups excluding carboxylic acids is 3. The van der Waals surface area contributed by atoms with Crippen molar-refractivity contribution in [2.75, 3.05) is 31.6 Å². The molecule has 1 aliphatic heterocycles. The molecular formula is C30H40N6O4. The van der Waals surface area contributed by atoms with E-state index in [1.165, 1.54) is 17.4 Å². The lowest BCUT2D eigenvalue weighted by atomic mass is 10.1. The number of oxazole rings is 1. The minimum Gasteiger partial charge on any atom is -0.444 e. The molecule has 2 aromatic carbocycles. The van der Waals surface area contributed by atoms with Gasteiger partial charge in [-0.3, -0.25) is 19.4 Å². The maximum atomic E-state index is 13.5. The first-order valence-electron chi connectivity index (χ1n) is 13.2. The molecule has 0 fully saturated rings. The molecule has 10 nitrogen and oxygen atoms in total. The summed E-state index contributed by atoms with van der Waals surface area (Å²) >= 11 is 0. The third kappa shape index (κ3) is 7.26. The summed E-state index contributed by atoms with van der Waals surface area (Å²) in [5, 5.41) is 6.62. The van der Waals surface area contributed by atoms with E-state index in [1.807, 2.05) is 36.2 Å². The van der Waals surface area contributed by atoms with Crippen LogP contribution in [0.5, 0.6) is 0 Å². The molecule has 0 unspecified atom stereocenters. The van der Waals surface area contributed by atoms with Gasteiger partial charge in [-0.2, -0.15) is 0 Å². The highest BCUT2D eigenvalue weighted by Crippen LogP contribution is 2.28. The van der Waals surface area contributed by atoms with Crippen LogP contribution in [0.4, 0.5) is 5.69 Å². The largest absolute Gasteiger partial charge is 0.444 e. The first kappa shape index (κ1) is 30.4. The number of nitrogens with zero attached hydrogens (tertiary/aromatic N) is 4. The van der Waals surface area contributed by atoms with E-state index < -0.39 is 5.91 Å². The van der Waals surface area contributed by atoms with Crippen LogP contribution in [0, 0.1) is 6.92 Å². The van der Waals surface area contributed by atoms with Crippen molar-refractivity contribution in [2.45, 2.75) is 53.6 Å². The number of amides is 3. The van der Waals surface area contributed by atoms with Gasteiger partial charge in [0.15, 0.2) is 5.69 Å². The van der Waals surface area contributed by atoms with Crippen molar-refractivity contribution >= 4 is 23.4 Å². The number of aryl methyl sites for hydroxylation is 1. The Kier molecular flexibility index (Phi) is 10.4. The number of nitrogens with one attached hydrogen (secondary N) is 1. The molecule has 0 radical (unpaired) electrons. The Morgan fingerprint density at radius 2 is 1.77 bits per heavy atom. The summed E-state index contributed by atoms with van der Waals surface area (Å²) in [6.45, 7) is 6.00. The number of fused-ring (bicyclic) bond motifs is 1. The molecule has 0 spiro atoms. The second-order valence-corrected chi connectivity index (χ2v) is 9.83. The van der Waals surface area contributed by atoms with Crippen LogP contribution in [0.2, 0.25) is 0 Å². The average Bonchev–Trinajstić information content (AvgIpc) is 3.58. The van der Waals surface area contributed by atoms with Crippen LogP contribution in [-0.4, -0.2) is 59.4 Å². The molecule has 0 aliphatic carbocycles. The second kappa shape index (κ2) is 13.7. The highest BCUT2D eigenvalue weighted by Gasteiger charge is 2.27. The van der Waals surface area contributed by atoms with Gasteiger partial charge in [-0.15, -0.1) is 0 Å². The number of nitrogens with two attached hydrogens (primary N) is 1.